The third kappa shape index (κ3) is 3.87. The second-order valence-corrected chi connectivity index (χ2v) is 7.09. The van der Waals surface area contributed by atoms with Crippen LogP contribution in [0.15, 0.2) is 30.3 Å². The Labute approximate surface area is 133 Å². The smallest absolute Gasteiger partial charge is 0.230 e. The SMILES string of the molecule is CC(C)(C(=O)NCC(C)(C)N1CCOCC1)c1ccccc1. The Hall–Kier alpha value is -1.39. The molecule has 0 saturated carbocycles. The summed E-state index contributed by atoms with van der Waals surface area (Å²) in [5, 5.41) is 3.14. The molecule has 1 aromatic rings. The lowest BCUT2D eigenvalue weighted by atomic mass is 9.83. The van der Waals surface area contributed by atoms with Crippen molar-refractivity contribution >= 4 is 5.91 Å². The van der Waals surface area contributed by atoms with Crippen LogP contribution in [0.25, 0.3) is 0 Å². The number of carbonyl (C=O) groups excluding carboxylic acids is 1. The summed E-state index contributed by atoms with van der Waals surface area (Å²) in [5.41, 5.74) is 0.450. The fraction of sp³-hybridized carbons (Fsp3) is 0.611. The topological polar surface area (TPSA) is 41.6 Å². The second kappa shape index (κ2) is 6.80. The molecule has 0 unspecified atom stereocenters. The van der Waals surface area contributed by atoms with Gasteiger partial charge in [0.15, 0.2) is 0 Å². The summed E-state index contributed by atoms with van der Waals surface area (Å²) >= 11 is 0. The number of ether oxygens (including phenoxy) is 1. The van der Waals surface area contributed by atoms with Crippen LogP contribution in [-0.4, -0.2) is 49.2 Å². The lowest BCUT2D eigenvalue weighted by Gasteiger charge is -2.41. The first kappa shape index (κ1) is 17.0. The first-order valence-corrected chi connectivity index (χ1v) is 8.01. The fourth-order valence-electron chi connectivity index (χ4n) is 2.78. The third-order valence-electron chi connectivity index (χ3n) is 4.61. The molecule has 1 saturated heterocycles. The normalized spacial score (nSPS) is 17.3. The Bertz CT molecular complexity index is 491. The van der Waals surface area contributed by atoms with Gasteiger partial charge in [0.2, 0.25) is 5.91 Å². The molecule has 0 aromatic heterocycles. The van der Waals surface area contributed by atoms with Crippen LogP contribution in [0.2, 0.25) is 0 Å². The quantitative estimate of drug-likeness (QED) is 0.906. The van der Waals surface area contributed by atoms with E-state index in [1.54, 1.807) is 0 Å². The molecule has 0 radical (unpaired) electrons. The minimum atomic E-state index is -0.525. The molecule has 1 aromatic carbocycles. The number of nitrogens with one attached hydrogen (secondary N) is 1. The van der Waals surface area contributed by atoms with Crippen molar-refractivity contribution in [1.82, 2.24) is 10.2 Å². The molecule has 1 heterocycles. The monoisotopic (exact) mass is 304 g/mol. The Morgan fingerprint density at radius 1 is 1.14 bits per heavy atom. The average molecular weight is 304 g/mol. The van der Waals surface area contributed by atoms with E-state index in [-0.39, 0.29) is 11.4 Å². The maximum atomic E-state index is 12.6. The van der Waals surface area contributed by atoms with Gasteiger partial charge in [-0.2, -0.15) is 0 Å². The summed E-state index contributed by atoms with van der Waals surface area (Å²) in [7, 11) is 0. The van der Waals surface area contributed by atoms with Gasteiger partial charge in [0.1, 0.15) is 0 Å². The maximum Gasteiger partial charge on any atom is 0.230 e. The predicted octanol–water partition coefficient (Wildman–Crippen LogP) is 2.19. The first-order chi connectivity index (χ1) is 10.3. The van der Waals surface area contributed by atoms with E-state index in [9.17, 15) is 4.79 Å². The van der Waals surface area contributed by atoms with E-state index in [0.717, 1.165) is 31.9 Å². The largest absolute Gasteiger partial charge is 0.379 e. The molecular formula is C18H28N2O2. The standard InChI is InChI=1S/C18H28N2O2/c1-17(2,20-10-12-22-13-11-20)14-19-16(21)18(3,4)15-8-6-5-7-9-15/h5-9H,10-14H2,1-4H3,(H,19,21). The van der Waals surface area contributed by atoms with Gasteiger partial charge in [-0.15, -0.1) is 0 Å². The molecule has 122 valence electrons. The lowest BCUT2D eigenvalue weighted by molar-refractivity contribution is -0.126. The minimum Gasteiger partial charge on any atom is -0.379 e. The molecule has 1 aliphatic heterocycles. The zero-order chi connectivity index (χ0) is 16.2. The van der Waals surface area contributed by atoms with Gasteiger partial charge in [-0.25, -0.2) is 0 Å². The van der Waals surface area contributed by atoms with E-state index in [2.05, 4.69) is 24.1 Å². The van der Waals surface area contributed by atoms with Gasteiger partial charge in [0.05, 0.1) is 18.6 Å². The van der Waals surface area contributed by atoms with E-state index >= 15 is 0 Å². The molecule has 0 bridgehead atoms. The van der Waals surface area contributed by atoms with E-state index in [1.807, 2.05) is 44.2 Å². The third-order valence-corrected chi connectivity index (χ3v) is 4.61. The number of amides is 1. The summed E-state index contributed by atoms with van der Waals surface area (Å²) in [4.78, 5) is 15.0. The number of benzene rings is 1. The van der Waals surface area contributed by atoms with Crippen molar-refractivity contribution in [3.63, 3.8) is 0 Å². The highest BCUT2D eigenvalue weighted by molar-refractivity contribution is 5.87. The van der Waals surface area contributed by atoms with E-state index in [4.69, 9.17) is 4.74 Å². The first-order valence-electron chi connectivity index (χ1n) is 8.01. The number of hydrogen-bond donors (Lipinski definition) is 1. The van der Waals surface area contributed by atoms with Crippen molar-refractivity contribution < 1.29 is 9.53 Å². The highest BCUT2D eigenvalue weighted by Gasteiger charge is 2.33. The molecule has 2 rings (SSSR count). The fourth-order valence-corrected chi connectivity index (χ4v) is 2.78. The van der Waals surface area contributed by atoms with Gasteiger partial charge in [-0.05, 0) is 33.3 Å². The van der Waals surface area contributed by atoms with Crippen LogP contribution in [0.5, 0.6) is 0 Å². The molecule has 1 aliphatic rings. The van der Waals surface area contributed by atoms with Gasteiger partial charge in [-0.3, -0.25) is 9.69 Å². The van der Waals surface area contributed by atoms with Crippen molar-refractivity contribution in [3.05, 3.63) is 35.9 Å². The Kier molecular flexibility index (Phi) is 5.24. The number of nitrogens with zero attached hydrogens (tertiary/aromatic N) is 1. The number of carbonyl (C=O) groups is 1. The Morgan fingerprint density at radius 2 is 1.73 bits per heavy atom. The molecule has 1 amide bonds. The number of hydrogen-bond acceptors (Lipinski definition) is 3. The zero-order valence-corrected chi connectivity index (χ0v) is 14.2. The highest BCUT2D eigenvalue weighted by Crippen LogP contribution is 2.23. The van der Waals surface area contributed by atoms with Crippen LogP contribution in [-0.2, 0) is 14.9 Å². The van der Waals surface area contributed by atoms with E-state index in [1.165, 1.54) is 0 Å². The van der Waals surface area contributed by atoms with Crippen molar-refractivity contribution in [1.29, 1.82) is 0 Å². The van der Waals surface area contributed by atoms with Gasteiger partial charge in [0, 0.05) is 25.2 Å². The van der Waals surface area contributed by atoms with Crippen LogP contribution in [0, 0.1) is 0 Å². The van der Waals surface area contributed by atoms with Crippen molar-refractivity contribution in [3.8, 4) is 0 Å². The van der Waals surface area contributed by atoms with Gasteiger partial charge >= 0.3 is 0 Å². The van der Waals surface area contributed by atoms with Crippen LogP contribution < -0.4 is 5.32 Å². The van der Waals surface area contributed by atoms with Crippen molar-refractivity contribution in [2.24, 2.45) is 0 Å². The molecule has 0 spiro atoms. The van der Waals surface area contributed by atoms with Crippen LogP contribution in [0.3, 0.4) is 0 Å². The van der Waals surface area contributed by atoms with Gasteiger partial charge in [-0.1, -0.05) is 30.3 Å². The summed E-state index contributed by atoms with van der Waals surface area (Å²) < 4.78 is 5.40. The maximum absolute atomic E-state index is 12.6. The van der Waals surface area contributed by atoms with Crippen LogP contribution in [0.4, 0.5) is 0 Å². The Balaban J connectivity index is 1.96. The summed E-state index contributed by atoms with van der Waals surface area (Å²) in [6.07, 6.45) is 0. The van der Waals surface area contributed by atoms with Gasteiger partial charge in [0.25, 0.3) is 0 Å². The predicted molar refractivity (Wildman–Crippen MR) is 88.9 cm³/mol. The Morgan fingerprint density at radius 3 is 2.32 bits per heavy atom. The second-order valence-electron chi connectivity index (χ2n) is 7.09. The molecular weight excluding hydrogens is 276 g/mol. The zero-order valence-electron chi connectivity index (χ0n) is 14.2. The van der Waals surface area contributed by atoms with E-state index in [0.29, 0.717) is 6.54 Å². The van der Waals surface area contributed by atoms with Gasteiger partial charge < -0.3 is 10.1 Å². The van der Waals surface area contributed by atoms with Crippen molar-refractivity contribution in [2.45, 2.75) is 38.6 Å². The number of morpholine rings is 1. The summed E-state index contributed by atoms with van der Waals surface area (Å²) in [6.45, 7) is 12.3. The molecule has 1 N–H and O–H groups in total. The van der Waals surface area contributed by atoms with E-state index < -0.39 is 5.41 Å². The van der Waals surface area contributed by atoms with Crippen LogP contribution >= 0.6 is 0 Å². The molecule has 4 heteroatoms. The molecule has 4 nitrogen and oxygen atoms in total. The summed E-state index contributed by atoms with van der Waals surface area (Å²) in [6, 6.07) is 9.93. The lowest BCUT2D eigenvalue weighted by Crippen LogP contribution is -2.56. The summed E-state index contributed by atoms with van der Waals surface area (Å²) in [5.74, 6) is 0.0695. The average Bonchev–Trinajstić information content (AvgIpc) is 2.54. The molecule has 22 heavy (non-hydrogen) atoms. The van der Waals surface area contributed by atoms with Crippen LogP contribution in [0.1, 0.15) is 33.3 Å². The molecule has 0 atom stereocenters. The number of rotatable bonds is 5. The highest BCUT2D eigenvalue weighted by atomic mass is 16.5. The molecule has 0 aliphatic carbocycles. The minimum absolute atomic E-state index is 0.0633. The molecule has 1 fully saturated rings. The van der Waals surface area contributed by atoms with Crippen molar-refractivity contribution in [2.75, 3.05) is 32.8 Å².